The van der Waals surface area contributed by atoms with Crippen molar-refractivity contribution in [2.24, 2.45) is 0 Å². The van der Waals surface area contributed by atoms with E-state index in [0.29, 0.717) is 0 Å². The third kappa shape index (κ3) is 2.85. The lowest BCUT2D eigenvalue weighted by Crippen LogP contribution is -2.09. The van der Waals surface area contributed by atoms with E-state index in [0.717, 1.165) is 15.8 Å². The van der Waals surface area contributed by atoms with Gasteiger partial charge in [-0.2, -0.15) is 0 Å². The van der Waals surface area contributed by atoms with E-state index in [1.165, 1.54) is 11.1 Å². The van der Waals surface area contributed by atoms with Crippen LogP contribution in [0, 0.1) is 6.92 Å². The Labute approximate surface area is 116 Å². The molecule has 3 N–H and O–H groups in total. The van der Waals surface area contributed by atoms with Crippen molar-refractivity contribution >= 4 is 27.3 Å². The minimum atomic E-state index is 0.224. The van der Waals surface area contributed by atoms with Gasteiger partial charge in [-0.1, -0.05) is 40.2 Å². The number of hydrogen-bond acceptors (Lipinski definition) is 2. The molecular weight excluding hydrogens is 288 g/mol. The van der Waals surface area contributed by atoms with Crippen LogP contribution < -0.4 is 11.1 Å². The van der Waals surface area contributed by atoms with Crippen molar-refractivity contribution < 1.29 is 0 Å². The van der Waals surface area contributed by atoms with Crippen LogP contribution in [-0.2, 0) is 0 Å². The van der Waals surface area contributed by atoms with Crippen LogP contribution in [0.2, 0.25) is 0 Å². The van der Waals surface area contributed by atoms with Crippen LogP contribution in [0.4, 0.5) is 11.4 Å². The first-order valence-corrected chi connectivity index (χ1v) is 6.74. The van der Waals surface area contributed by atoms with Gasteiger partial charge in [-0.25, -0.2) is 0 Å². The highest BCUT2D eigenvalue weighted by Crippen LogP contribution is 2.27. The maximum atomic E-state index is 6.00. The molecule has 0 heterocycles. The van der Waals surface area contributed by atoms with E-state index >= 15 is 0 Å². The molecule has 94 valence electrons. The molecule has 0 saturated heterocycles. The van der Waals surface area contributed by atoms with E-state index < -0.39 is 0 Å². The molecule has 0 aliphatic heterocycles. The second-order valence-electron chi connectivity index (χ2n) is 4.46. The van der Waals surface area contributed by atoms with E-state index in [1.807, 2.05) is 12.1 Å². The minimum absolute atomic E-state index is 0.224. The van der Waals surface area contributed by atoms with Crippen LogP contribution in [-0.4, -0.2) is 0 Å². The molecule has 18 heavy (non-hydrogen) atoms. The highest BCUT2D eigenvalue weighted by molar-refractivity contribution is 9.10. The summed E-state index contributed by atoms with van der Waals surface area (Å²) in [5, 5.41) is 3.47. The summed E-state index contributed by atoms with van der Waals surface area (Å²) in [6.07, 6.45) is 0. The molecule has 0 fully saturated rings. The summed E-state index contributed by atoms with van der Waals surface area (Å²) in [5.41, 5.74) is 10.2. The molecule has 0 saturated carbocycles. The topological polar surface area (TPSA) is 38.0 Å². The van der Waals surface area contributed by atoms with Crippen LogP contribution in [0.1, 0.15) is 24.1 Å². The average Bonchev–Trinajstić information content (AvgIpc) is 2.34. The van der Waals surface area contributed by atoms with Crippen LogP contribution in [0.5, 0.6) is 0 Å². The molecule has 0 radical (unpaired) electrons. The van der Waals surface area contributed by atoms with Gasteiger partial charge in [0, 0.05) is 10.5 Å². The maximum absolute atomic E-state index is 6.00. The van der Waals surface area contributed by atoms with Gasteiger partial charge >= 0.3 is 0 Å². The van der Waals surface area contributed by atoms with Crippen molar-refractivity contribution in [1.82, 2.24) is 0 Å². The first-order valence-electron chi connectivity index (χ1n) is 5.95. The van der Waals surface area contributed by atoms with Gasteiger partial charge in [0.25, 0.3) is 0 Å². The molecule has 1 atom stereocenters. The number of nitrogens with two attached hydrogens (primary N) is 1. The molecule has 1 unspecified atom stereocenters. The van der Waals surface area contributed by atoms with Gasteiger partial charge in [0.15, 0.2) is 0 Å². The van der Waals surface area contributed by atoms with Crippen molar-refractivity contribution in [3.63, 3.8) is 0 Å². The van der Waals surface area contributed by atoms with E-state index in [9.17, 15) is 0 Å². The number of anilines is 2. The molecule has 0 aromatic heterocycles. The molecule has 0 aliphatic rings. The van der Waals surface area contributed by atoms with Gasteiger partial charge in [-0.15, -0.1) is 0 Å². The normalized spacial score (nSPS) is 12.2. The molecule has 3 heteroatoms. The first-order chi connectivity index (χ1) is 8.58. The molecule has 0 aliphatic carbocycles. The fourth-order valence-corrected chi connectivity index (χ4v) is 2.20. The van der Waals surface area contributed by atoms with Crippen LogP contribution in [0.25, 0.3) is 0 Å². The van der Waals surface area contributed by atoms with Crippen molar-refractivity contribution in [2.75, 3.05) is 11.1 Å². The Balaban J connectivity index is 2.21. The minimum Gasteiger partial charge on any atom is -0.397 e. The Morgan fingerprint density at radius 3 is 2.39 bits per heavy atom. The van der Waals surface area contributed by atoms with Crippen LogP contribution >= 0.6 is 15.9 Å². The van der Waals surface area contributed by atoms with E-state index in [4.69, 9.17) is 5.73 Å². The highest BCUT2D eigenvalue weighted by Gasteiger charge is 2.08. The highest BCUT2D eigenvalue weighted by atomic mass is 79.9. The Morgan fingerprint density at radius 1 is 1.11 bits per heavy atom. The fourth-order valence-electron chi connectivity index (χ4n) is 1.94. The van der Waals surface area contributed by atoms with Crippen LogP contribution in [0.15, 0.2) is 46.9 Å². The number of nitrogen functional groups attached to an aromatic ring is 1. The van der Waals surface area contributed by atoms with Crippen molar-refractivity contribution in [3.05, 3.63) is 58.1 Å². The monoisotopic (exact) mass is 304 g/mol. The number of benzene rings is 2. The summed E-state index contributed by atoms with van der Waals surface area (Å²) in [7, 11) is 0. The molecule has 0 bridgehead atoms. The lowest BCUT2D eigenvalue weighted by molar-refractivity contribution is 0.883. The summed E-state index contributed by atoms with van der Waals surface area (Å²) in [6.45, 7) is 4.20. The summed E-state index contributed by atoms with van der Waals surface area (Å²) < 4.78 is 1.09. The van der Waals surface area contributed by atoms with Crippen molar-refractivity contribution in [3.8, 4) is 0 Å². The zero-order valence-corrected chi connectivity index (χ0v) is 12.2. The average molecular weight is 305 g/mol. The summed E-state index contributed by atoms with van der Waals surface area (Å²) in [6, 6.07) is 14.5. The molecule has 2 aromatic rings. The van der Waals surface area contributed by atoms with Crippen LogP contribution in [0.3, 0.4) is 0 Å². The van der Waals surface area contributed by atoms with Crippen molar-refractivity contribution in [1.29, 1.82) is 0 Å². The lowest BCUT2D eigenvalue weighted by Gasteiger charge is -2.19. The van der Waals surface area contributed by atoms with Gasteiger partial charge < -0.3 is 11.1 Å². The van der Waals surface area contributed by atoms with E-state index in [-0.39, 0.29) is 6.04 Å². The van der Waals surface area contributed by atoms with E-state index in [2.05, 4.69) is 65.4 Å². The van der Waals surface area contributed by atoms with Gasteiger partial charge in [0.2, 0.25) is 0 Å². The lowest BCUT2D eigenvalue weighted by atomic mass is 10.1. The predicted molar refractivity (Wildman–Crippen MR) is 81.8 cm³/mol. The first kappa shape index (κ1) is 13.0. The zero-order chi connectivity index (χ0) is 13.1. The Morgan fingerprint density at radius 2 is 1.78 bits per heavy atom. The molecule has 2 nitrogen and oxygen atoms in total. The molecule has 0 amide bonds. The number of rotatable bonds is 3. The van der Waals surface area contributed by atoms with Gasteiger partial charge in [0.05, 0.1) is 11.4 Å². The van der Waals surface area contributed by atoms with Gasteiger partial charge in [-0.05, 0) is 43.2 Å². The molecular formula is C15H17BrN2. The standard InChI is InChI=1S/C15H17BrN2/c1-10-4-3-5-14(17)15(10)18-11(2)12-6-8-13(16)9-7-12/h3-9,11,18H,17H2,1-2H3. The van der Waals surface area contributed by atoms with E-state index in [1.54, 1.807) is 0 Å². The Bertz CT molecular complexity index is 514. The number of halogens is 1. The second kappa shape index (κ2) is 5.44. The predicted octanol–water partition coefficient (Wildman–Crippen LogP) is 4.51. The quantitative estimate of drug-likeness (QED) is 0.819. The fraction of sp³-hybridized carbons (Fsp3) is 0.200. The zero-order valence-electron chi connectivity index (χ0n) is 10.6. The number of para-hydroxylation sites is 1. The Kier molecular flexibility index (Phi) is 3.92. The molecule has 2 rings (SSSR count). The smallest absolute Gasteiger partial charge is 0.0608 e. The number of hydrogen-bond donors (Lipinski definition) is 2. The van der Waals surface area contributed by atoms with Crippen molar-refractivity contribution in [2.45, 2.75) is 19.9 Å². The second-order valence-corrected chi connectivity index (χ2v) is 5.37. The third-order valence-electron chi connectivity index (χ3n) is 3.04. The summed E-state index contributed by atoms with van der Waals surface area (Å²) in [4.78, 5) is 0. The summed E-state index contributed by atoms with van der Waals surface area (Å²) in [5.74, 6) is 0. The number of nitrogens with one attached hydrogen (secondary N) is 1. The van der Waals surface area contributed by atoms with Gasteiger partial charge in [0.1, 0.15) is 0 Å². The largest absolute Gasteiger partial charge is 0.397 e. The number of aryl methyl sites for hydroxylation is 1. The third-order valence-corrected chi connectivity index (χ3v) is 3.56. The summed E-state index contributed by atoms with van der Waals surface area (Å²) >= 11 is 3.44. The maximum Gasteiger partial charge on any atom is 0.0608 e. The molecule has 2 aromatic carbocycles. The molecule has 0 spiro atoms. The SMILES string of the molecule is Cc1cccc(N)c1NC(C)c1ccc(Br)cc1. The Hall–Kier alpha value is -1.48. The van der Waals surface area contributed by atoms with Gasteiger partial charge in [-0.3, -0.25) is 0 Å².